The van der Waals surface area contributed by atoms with Crippen molar-refractivity contribution in [3.8, 4) is 11.3 Å². The predicted octanol–water partition coefficient (Wildman–Crippen LogP) is 1.60. The molecule has 3 N–H and O–H groups in total. The van der Waals surface area contributed by atoms with Crippen molar-refractivity contribution in [2.24, 2.45) is 5.73 Å². The van der Waals surface area contributed by atoms with Crippen molar-refractivity contribution in [2.75, 3.05) is 26.7 Å². The number of hydrogen-bond donors (Lipinski definition) is 2. The minimum absolute atomic E-state index is 0.0822. The molecule has 9 nitrogen and oxygen atoms in total. The Morgan fingerprint density at radius 2 is 1.96 bits per heavy atom. The number of carbonyl (C=O) groups is 3. The number of aromatic nitrogens is 1. The smallest absolute Gasteiger partial charge is 0.410 e. The molecule has 2 aromatic rings. The Kier molecular flexibility index (Phi) is 7.82. The molecule has 2 rings (SSSR count). The summed E-state index contributed by atoms with van der Waals surface area (Å²) in [4.78, 5) is 35.4. The predicted molar refractivity (Wildman–Crippen MR) is 101 cm³/mol. The van der Waals surface area contributed by atoms with Gasteiger partial charge in [-0.3, -0.25) is 14.5 Å². The second-order valence-electron chi connectivity index (χ2n) is 5.90. The van der Waals surface area contributed by atoms with Crippen molar-refractivity contribution in [2.45, 2.75) is 12.8 Å². The van der Waals surface area contributed by atoms with Crippen LogP contribution in [0.3, 0.4) is 0 Å². The second kappa shape index (κ2) is 10.3. The van der Waals surface area contributed by atoms with Crippen LogP contribution in [0.2, 0.25) is 5.02 Å². The van der Waals surface area contributed by atoms with E-state index < -0.39 is 24.5 Å². The first-order valence-corrected chi connectivity index (χ1v) is 8.89. The first-order valence-electron chi connectivity index (χ1n) is 8.51. The van der Waals surface area contributed by atoms with Crippen LogP contribution in [0.25, 0.3) is 11.3 Å². The molecule has 0 aliphatic heterocycles. The number of rotatable bonds is 9. The SMILES string of the molecule is CNC(=O)CN(CC(N)=O)C(=O)OCCCc1cc(-c2ccc(Cl)cc2)no1. The van der Waals surface area contributed by atoms with E-state index in [0.29, 0.717) is 29.3 Å². The fourth-order valence-electron chi connectivity index (χ4n) is 2.31. The minimum atomic E-state index is -0.790. The largest absolute Gasteiger partial charge is 0.449 e. The summed E-state index contributed by atoms with van der Waals surface area (Å²) in [6, 6.07) is 9.01. The van der Waals surface area contributed by atoms with E-state index in [-0.39, 0.29) is 13.2 Å². The van der Waals surface area contributed by atoms with Crippen LogP contribution in [0.1, 0.15) is 12.2 Å². The molecule has 1 aromatic carbocycles. The average molecular weight is 409 g/mol. The molecule has 0 fully saturated rings. The lowest BCUT2D eigenvalue weighted by Gasteiger charge is -2.19. The van der Waals surface area contributed by atoms with Crippen molar-refractivity contribution in [1.82, 2.24) is 15.4 Å². The van der Waals surface area contributed by atoms with Gasteiger partial charge in [-0.1, -0.05) is 28.9 Å². The monoisotopic (exact) mass is 408 g/mol. The molecule has 0 bridgehead atoms. The molecule has 28 heavy (non-hydrogen) atoms. The van der Waals surface area contributed by atoms with E-state index in [4.69, 9.17) is 26.6 Å². The van der Waals surface area contributed by atoms with E-state index in [0.717, 1.165) is 10.5 Å². The van der Waals surface area contributed by atoms with Crippen LogP contribution in [-0.2, 0) is 20.7 Å². The van der Waals surface area contributed by atoms with Gasteiger partial charge in [-0.2, -0.15) is 0 Å². The maximum absolute atomic E-state index is 12.0. The van der Waals surface area contributed by atoms with Gasteiger partial charge in [0.1, 0.15) is 24.5 Å². The Bertz CT molecular complexity index is 822. The number of aryl methyl sites for hydroxylation is 1. The number of halogens is 1. The number of nitrogens with one attached hydrogen (secondary N) is 1. The van der Waals surface area contributed by atoms with Gasteiger partial charge in [0.15, 0.2) is 0 Å². The third-order valence-corrected chi connectivity index (χ3v) is 3.96. The van der Waals surface area contributed by atoms with Gasteiger partial charge < -0.3 is 20.3 Å². The topological polar surface area (TPSA) is 128 Å². The van der Waals surface area contributed by atoms with E-state index >= 15 is 0 Å². The average Bonchev–Trinajstić information content (AvgIpc) is 3.13. The molecule has 1 heterocycles. The molecule has 0 saturated heterocycles. The summed E-state index contributed by atoms with van der Waals surface area (Å²) in [7, 11) is 1.42. The summed E-state index contributed by atoms with van der Waals surface area (Å²) in [5, 5.41) is 7.00. The number of ether oxygens (including phenoxy) is 1. The molecule has 0 aliphatic rings. The summed E-state index contributed by atoms with van der Waals surface area (Å²) in [5.41, 5.74) is 6.65. The first-order chi connectivity index (χ1) is 13.4. The molecule has 10 heteroatoms. The lowest BCUT2D eigenvalue weighted by atomic mass is 10.1. The number of primary amides is 1. The molecule has 3 amide bonds. The zero-order valence-electron chi connectivity index (χ0n) is 15.3. The highest BCUT2D eigenvalue weighted by molar-refractivity contribution is 6.30. The van der Waals surface area contributed by atoms with Crippen LogP contribution in [-0.4, -0.2) is 54.7 Å². The van der Waals surface area contributed by atoms with Crippen LogP contribution < -0.4 is 11.1 Å². The summed E-state index contributed by atoms with van der Waals surface area (Å²) in [5.74, 6) is -0.535. The fraction of sp³-hybridized carbons (Fsp3) is 0.333. The molecule has 0 atom stereocenters. The molecular weight excluding hydrogens is 388 g/mol. The normalized spacial score (nSPS) is 10.4. The summed E-state index contributed by atoms with van der Waals surface area (Å²) in [6.07, 6.45) is 0.187. The highest BCUT2D eigenvalue weighted by Gasteiger charge is 2.20. The van der Waals surface area contributed by atoms with Gasteiger partial charge in [0.2, 0.25) is 11.8 Å². The molecule has 0 unspecified atom stereocenters. The van der Waals surface area contributed by atoms with Gasteiger partial charge in [0.25, 0.3) is 0 Å². The van der Waals surface area contributed by atoms with Gasteiger partial charge in [0.05, 0.1) is 6.61 Å². The van der Waals surface area contributed by atoms with Crippen molar-refractivity contribution in [3.63, 3.8) is 0 Å². The zero-order chi connectivity index (χ0) is 20.5. The lowest BCUT2D eigenvalue weighted by molar-refractivity contribution is -0.123. The van der Waals surface area contributed by atoms with Gasteiger partial charge >= 0.3 is 6.09 Å². The number of nitrogens with two attached hydrogens (primary N) is 1. The Morgan fingerprint density at radius 3 is 2.61 bits per heavy atom. The van der Waals surface area contributed by atoms with Crippen molar-refractivity contribution in [1.29, 1.82) is 0 Å². The summed E-state index contributed by atoms with van der Waals surface area (Å²) < 4.78 is 10.4. The molecule has 0 aliphatic carbocycles. The van der Waals surface area contributed by atoms with Crippen LogP contribution in [0, 0.1) is 0 Å². The third-order valence-electron chi connectivity index (χ3n) is 3.71. The number of amides is 3. The Morgan fingerprint density at radius 1 is 1.25 bits per heavy atom. The van der Waals surface area contributed by atoms with Crippen molar-refractivity contribution >= 4 is 29.5 Å². The van der Waals surface area contributed by atoms with Crippen LogP contribution in [0.15, 0.2) is 34.9 Å². The van der Waals surface area contributed by atoms with E-state index in [1.165, 1.54) is 7.05 Å². The Hall–Kier alpha value is -3.07. The Balaban J connectivity index is 1.81. The highest BCUT2D eigenvalue weighted by atomic mass is 35.5. The summed E-state index contributed by atoms with van der Waals surface area (Å²) in [6.45, 7) is -0.636. The van der Waals surface area contributed by atoms with Gasteiger partial charge in [-0.15, -0.1) is 0 Å². The second-order valence-corrected chi connectivity index (χ2v) is 6.34. The summed E-state index contributed by atoms with van der Waals surface area (Å²) >= 11 is 5.86. The van der Waals surface area contributed by atoms with Gasteiger partial charge in [-0.05, 0) is 18.6 Å². The van der Waals surface area contributed by atoms with Crippen molar-refractivity contribution in [3.05, 3.63) is 41.1 Å². The number of nitrogens with zero attached hydrogens (tertiary/aromatic N) is 2. The molecular formula is C18H21ClN4O5. The van der Waals surface area contributed by atoms with E-state index in [9.17, 15) is 14.4 Å². The number of hydrogen-bond acceptors (Lipinski definition) is 6. The fourth-order valence-corrected chi connectivity index (χ4v) is 2.44. The highest BCUT2D eigenvalue weighted by Crippen LogP contribution is 2.21. The van der Waals surface area contributed by atoms with Crippen LogP contribution >= 0.6 is 11.6 Å². The maximum Gasteiger partial charge on any atom is 0.410 e. The van der Waals surface area contributed by atoms with Crippen molar-refractivity contribution < 1.29 is 23.6 Å². The van der Waals surface area contributed by atoms with Crippen LogP contribution in [0.4, 0.5) is 4.79 Å². The van der Waals surface area contributed by atoms with Gasteiger partial charge in [-0.25, -0.2) is 4.79 Å². The van der Waals surface area contributed by atoms with Gasteiger partial charge in [0, 0.05) is 30.1 Å². The number of benzene rings is 1. The quantitative estimate of drug-likeness (QED) is 0.606. The number of carbonyl (C=O) groups excluding carboxylic acids is 3. The van der Waals surface area contributed by atoms with E-state index in [1.54, 1.807) is 18.2 Å². The van der Waals surface area contributed by atoms with Crippen LogP contribution in [0.5, 0.6) is 0 Å². The maximum atomic E-state index is 12.0. The number of likely N-dealkylation sites (N-methyl/N-ethyl adjacent to an activating group) is 1. The molecule has 1 aromatic heterocycles. The molecule has 0 spiro atoms. The van der Waals surface area contributed by atoms with E-state index in [2.05, 4.69) is 10.5 Å². The molecule has 0 radical (unpaired) electrons. The molecule has 150 valence electrons. The molecule has 0 saturated carbocycles. The Labute approximate surface area is 166 Å². The first kappa shape index (κ1) is 21.2. The van der Waals surface area contributed by atoms with E-state index in [1.807, 2.05) is 12.1 Å². The third kappa shape index (κ3) is 6.58. The lowest BCUT2D eigenvalue weighted by Crippen LogP contribution is -2.44. The standard InChI is InChI=1S/C18H21ClN4O5/c1-21-17(25)11-23(10-16(20)24)18(26)27-8-2-3-14-9-15(22-28-14)12-4-6-13(19)7-5-12/h4-7,9H,2-3,8,10-11H2,1H3,(H2,20,24)(H,21,25). The minimum Gasteiger partial charge on any atom is -0.449 e. The zero-order valence-corrected chi connectivity index (χ0v) is 16.1.